The number of aliphatic hydroxyl groups excluding tert-OH is 1. The van der Waals surface area contributed by atoms with E-state index in [1.54, 1.807) is 4.68 Å². The molecule has 1 heterocycles. The Hall–Kier alpha value is -1.68. The lowest BCUT2D eigenvalue weighted by atomic mass is 10.0. The van der Waals surface area contributed by atoms with E-state index in [1.165, 1.54) is 0 Å². The summed E-state index contributed by atoms with van der Waals surface area (Å²) in [5, 5.41) is 17.8. The van der Waals surface area contributed by atoms with Gasteiger partial charge in [0.1, 0.15) is 0 Å². The zero-order valence-electron chi connectivity index (χ0n) is 9.24. The molecule has 2 rings (SSSR count). The Morgan fingerprint density at radius 3 is 2.69 bits per heavy atom. The molecular formula is C12H15N3O. The largest absolute Gasteiger partial charge is 0.388 e. The number of rotatable bonds is 4. The summed E-state index contributed by atoms with van der Waals surface area (Å²) in [5.41, 5.74) is 1.86. The fraction of sp³-hybridized carbons (Fsp3) is 0.333. The molecule has 0 fully saturated rings. The van der Waals surface area contributed by atoms with Crippen LogP contribution in [-0.2, 0) is 13.5 Å². The van der Waals surface area contributed by atoms with Crippen LogP contribution in [0.1, 0.15) is 23.8 Å². The van der Waals surface area contributed by atoms with Gasteiger partial charge in [-0.3, -0.25) is 4.68 Å². The molecule has 0 aliphatic carbocycles. The number of aryl methyl sites for hydroxylation is 2. The molecule has 4 heteroatoms. The van der Waals surface area contributed by atoms with Gasteiger partial charge in [-0.2, -0.15) is 0 Å². The van der Waals surface area contributed by atoms with Gasteiger partial charge in [0, 0.05) is 13.2 Å². The molecule has 1 aromatic carbocycles. The molecule has 0 radical (unpaired) electrons. The van der Waals surface area contributed by atoms with E-state index in [9.17, 15) is 5.11 Å². The fourth-order valence-corrected chi connectivity index (χ4v) is 1.64. The maximum atomic E-state index is 9.93. The molecule has 0 bridgehead atoms. The average molecular weight is 217 g/mol. The maximum Gasteiger partial charge on any atom is 0.0828 e. The molecule has 0 saturated carbocycles. The van der Waals surface area contributed by atoms with E-state index in [-0.39, 0.29) is 0 Å². The number of hydrogen-bond donors (Lipinski definition) is 1. The van der Waals surface area contributed by atoms with E-state index in [4.69, 9.17) is 0 Å². The minimum absolute atomic E-state index is 0.428. The number of nitrogens with zero attached hydrogens (tertiary/aromatic N) is 3. The molecular weight excluding hydrogens is 202 g/mol. The second-order valence-electron chi connectivity index (χ2n) is 3.85. The summed E-state index contributed by atoms with van der Waals surface area (Å²) >= 11 is 0. The van der Waals surface area contributed by atoms with Crippen molar-refractivity contribution in [3.63, 3.8) is 0 Å². The Morgan fingerprint density at radius 1 is 1.31 bits per heavy atom. The summed E-state index contributed by atoms with van der Waals surface area (Å²) in [4.78, 5) is 0. The van der Waals surface area contributed by atoms with Crippen LogP contribution >= 0.6 is 0 Å². The van der Waals surface area contributed by atoms with Crippen molar-refractivity contribution >= 4 is 0 Å². The van der Waals surface area contributed by atoms with Gasteiger partial charge < -0.3 is 5.11 Å². The standard InChI is InChI=1S/C12H15N3O/c1-15-9-11(13-14-15)7-8-12(16)10-5-3-2-4-6-10/h2-6,9,12,16H,7-8H2,1H3. The lowest BCUT2D eigenvalue weighted by Crippen LogP contribution is -1.99. The van der Waals surface area contributed by atoms with Crippen LogP contribution in [-0.4, -0.2) is 20.1 Å². The van der Waals surface area contributed by atoms with Crippen molar-refractivity contribution in [2.24, 2.45) is 7.05 Å². The highest BCUT2D eigenvalue weighted by Gasteiger charge is 2.08. The minimum Gasteiger partial charge on any atom is -0.388 e. The van der Waals surface area contributed by atoms with Crippen molar-refractivity contribution in [1.29, 1.82) is 0 Å². The topological polar surface area (TPSA) is 50.9 Å². The highest BCUT2D eigenvalue weighted by molar-refractivity contribution is 5.17. The summed E-state index contributed by atoms with van der Waals surface area (Å²) in [5.74, 6) is 0. The van der Waals surface area contributed by atoms with Crippen molar-refractivity contribution in [1.82, 2.24) is 15.0 Å². The molecule has 1 N–H and O–H groups in total. The summed E-state index contributed by atoms with van der Waals surface area (Å²) < 4.78 is 1.67. The van der Waals surface area contributed by atoms with Crippen LogP contribution in [0.25, 0.3) is 0 Å². The Balaban J connectivity index is 1.91. The molecule has 84 valence electrons. The van der Waals surface area contributed by atoms with Gasteiger partial charge in [0.2, 0.25) is 0 Å². The van der Waals surface area contributed by atoms with Crippen molar-refractivity contribution in [2.75, 3.05) is 0 Å². The van der Waals surface area contributed by atoms with E-state index in [0.717, 1.165) is 17.7 Å². The Morgan fingerprint density at radius 2 is 2.06 bits per heavy atom. The van der Waals surface area contributed by atoms with Crippen molar-refractivity contribution < 1.29 is 5.11 Å². The Kier molecular flexibility index (Phi) is 3.31. The summed E-state index contributed by atoms with van der Waals surface area (Å²) in [6.07, 6.45) is 2.85. The predicted molar refractivity (Wildman–Crippen MR) is 60.7 cm³/mol. The molecule has 1 aromatic heterocycles. The van der Waals surface area contributed by atoms with E-state index < -0.39 is 6.10 Å². The maximum absolute atomic E-state index is 9.93. The zero-order chi connectivity index (χ0) is 11.4. The van der Waals surface area contributed by atoms with Crippen LogP contribution in [0.2, 0.25) is 0 Å². The molecule has 0 amide bonds. The molecule has 0 aliphatic heterocycles. The minimum atomic E-state index is -0.428. The molecule has 0 aliphatic rings. The predicted octanol–water partition coefficient (Wildman–Crippen LogP) is 1.48. The van der Waals surface area contributed by atoms with Crippen LogP contribution in [0, 0.1) is 0 Å². The van der Waals surface area contributed by atoms with Gasteiger partial charge in [-0.15, -0.1) is 5.10 Å². The van der Waals surface area contributed by atoms with E-state index >= 15 is 0 Å². The first kappa shape index (κ1) is 10.8. The summed E-state index contributed by atoms with van der Waals surface area (Å²) in [6, 6.07) is 9.67. The zero-order valence-corrected chi connectivity index (χ0v) is 9.24. The number of hydrogen-bond acceptors (Lipinski definition) is 3. The second-order valence-corrected chi connectivity index (χ2v) is 3.85. The normalized spacial score (nSPS) is 12.6. The third-order valence-electron chi connectivity index (χ3n) is 2.51. The van der Waals surface area contributed by atoms with Gasteiger partial charge in [-0.1, -0.05) is 35.5 Å². The van der Waals surface area contributed by atoms with Crippen LogP contribution in [0.5, 0.6) is 0 Å². The SMILES string of the molecule is Cn1cc(CCC(O)c2ccccc2)nn1. The monoisotopic (exact) mass is 217 g/mol. The molecule has 0 saturated heterocycles. The first-order valence-electron chi connectivity index (χ1n) is 5.34. The third-order valence-corrected chi connectivity index (χ3v) is 2.51. The number of aromatic nitrogens is 3. The van der Waals surface area contributed by atoms with E-state index in [2.05, 4.69) is 10.3 Å². The van der Waals surface area contributed by atoms with Gasteiger partial charge >= 0.3 is 0 Å². The van der Waals surface area contributed by atoms with Crippen LogP contribution < -0.4 is 0 Å². The Bertz CT molecular complexity index is 439. The first-order valence-corrected chi connectivity index (χ1v) is 5.34. The van der Waals surface area contributed by atoms with Gasteiger partial charge in [-0.05, 0) is 18.4 Å². The summed E-state index contributed by atoms with van der Waals surface area (Å²) in [6.45, 7) is 0. The molecule has 1 unspecified atom stereocenters. The van der Waals surface area contributed by atoms with Crippen molar-refractivity contribution in [2.45, 2.75) is 18.9 Å². The van der Waals surface area contributed by atoms with Crippen molar-refractivity contribution in [3.05, 3.63) is 47.8 Å². The van der Waals surface area contributed by atoms with E-state index in [1.807, 2.05) is 43.6 Å². The third kappa shape index (κ3) is 2.67. The summed E-state index contributed by atoms with van der Waals surface area (Å²) in [7, 11) is 1.84. The molecule has 16 heavy (non-hydrogen) atoms. The van der Waals surface area contributed by atoms with Crippen LogP contribution in [0.15, 0.2) is 36.5 Å². The molecule has 2 aromatic rings. The smallest absolute Gasteiger partial charge is 0.0828 e. The van der Waals surface area contributed by atoms with Crippen molar-refractivity contribution in [3.8, 4) is 0 Å². The van der Waals surface area contributed by atoms with Crippen LogP contribution in [0.4, 0.5) is 0 Å². The van der Waals surface area contributed by atoms with E-state index in [0.29, 0.717) is 6.42 Å². The van der Waals surface area contributed by atoms with Gasteiger partial charge in [0.25, 0.3) is 0 Å². The lowest BCUT2D eigenvalue weighted by molar-refractivity contribution is 0.167. The highest BCUT2D eigenvalue weighted by Crippen LogP contribution is 2.17. The molecule has 1 atom stereocenters. The average Bonchev–Trinajstić information content (AvgIpc) is 2.73. The molecule has 4 nitrogen and oxygen atoms in total. The van der Waals surface area contributed by atoms with Gasteiger partial charge in [0.05, 0.1) is 11.8 Å². The van der Waals surface area contributed by atoms with Crippen LogP contribution in [0.3, 0.4) is 0 Å². The molecule has 0 spiro atoms. The van der Waals surface area contributed by atoms with Gasteiger partial charge in [0.15, 0.2) is 0 Å². The number of benzene rings is 1. The van der Waals surface area contributed by atoms with Gasteiger partial charge in [-0.25, -0.2) is 0 Å². The quantitative estimate of drug-likeness (QED) is 0.844. The number of aliphatic hydroxyl groups is 1. The lowest BCUT2D eigenvalue weighted by Gasteiger charge is -2.09. The Labute approximate surface area is 94.5 Å². The fourth-order valence-electron chi connectivity index (χ4n) is 1.64. The highest BCUT2D eigenvalue weighted by atomic mass is 16.3. The first-order chi connectivity index (χ1) is 7.75. The second kappa shape index (κ2) is 4.90.